The van der Waals surface area contributed by atoms with E-state index >= 15 is 0 Å². The van der Waals surface area contributed by atoms with Crippen LogP contribution in [0.15, 0.2) is 43.1 Å². The second-order valence-electron chi connectivity index (χ2n) is 3.74. The van der Waals surface area contributed by atoms with Crippen molar-refractivity contribution in [3.63, 3.8) is 0 Å². The van der Waals surface area contributed by atoms with Crippen LogP contribution in [0.5, 0.6) is 0 Å². The van der Waals surface area contributed by atoms with E-state index in [-0.39, 0.29) is 10.6 Å². The van der Waals surface area contributed by atoms with Gasteiger partial charge in [0.15, 0.2) is 0 Å². The van der Waals surface area contributed by atoms with Crippen molar-refractivity contribution in [2.45, 2.75) is 0 Å². The first-order valence-electron chi connectivity index (χ1n) is 6.70. The van der Waals surface area contributed by atoms with Crippen LogP contribution in [0.2, 0.25) is 15.7 Å². The first-order chi connectivity index (χ1) is 13.0. The quantitative estimate of drug-likeness (QED) is 0.143. The summed E-state index contributed by atoms with van der Waals surface area (Å²) in [4.78, 5) is 22.0. The summed E-state index contributed by atoms with van der Waals surface area (Å²) < 4.78 is 0. The molecule has 27 heavy (non-hydrogen) atoms. The maximum Gasteiger partial charge on any atom is 0.224 e. The van der Waals surface area contributed by atoms with Crippen molar-refractivity contribution in [2.75, 3.05) is 10.9 Å². The topological polar surface area (TPSA) is 205 Å². The molecular weight excluding hydrogens is 419 g/mol. The fourth-order valence-electron chi connectivity index (χ4n) is 1.11. The maximum absolute atomic E-state index is 5.41. The number of rotatable bonds is 2. The number of hydrogen-bond donors (Lipinski definition) is 6. The summed E-state index contributed by atoms with van der Waals surface area (Å²) in [5.74, 6) is 19.2. The van der Waals surface area contributed by atoms with Crippen molar-refractivity contribution in [1.82, 2.24) is 29.9 Å². The van der Waals surface area contributed by atoms with Crippen LogP contribution < -0.4 is 34.2 Å². The van der Waals surface area contributed by atoms with Crippen molar-refractivity contribution in [3.8, 4) is 0 Å². The molecule has 0 fully saturated rings. The van der Waals surface area contributed by atoms with E-state index in [4.69, 9.17) is 46.5 Å². The molecule has 3 rings (SSSR count). The summed E-state index contributed by atoms with van der Waals surface area (Å²) in [6.07, 6.45) is 6.06. The number of nitrogens with zero attached hydrogens (tertiary/aromatic N) is 6. The average molecular weight is 436 g/mol. The van der Waals surface area contributed by atoms with Crippen LogP contribution in [-0.4, -0.2) is 29.9 Å². The van der Waals surface area contributed by atoms with Gasteiger partial charge in [-0.25, -0.2) is 36.6 Å². The van der Waals surface area contributed by atoms with Crippen molar-refractivity contribution >= 4 is 46.4 Å². The van der Waals surface area contributed by atoms with E-state index in [1.54, 1.807) is 24.4 Å². The molecule has 15 heteroatoms. The molecule has 0 amide bonds. The van der Waals surface area contributed by atoms with Gasteiger partial charge in [-0.2, -0.15) is 4.98 Å². The van der Waals surface area contributed by atoms with Gasteiger partial charge in [-0.3, -0.25) is 11.7 Å². The molecule has 0 unspecified atom stereocenters. The van der Waals surface area contributed by atoms with Crippen LogP contribution in [0.3, 0.4) is 0 Å². The second-order valence-corrected chi connectivity index (χ2v) is 4.81. The average Bonchev–Trinajstić information content (AvgIpc) is 2.71. The number of anilines is 2. The van der Waals surface area contributed by atoms with E-state index in [9.17, 15) is 0 Å². The Labute approximate surface area is 169 Å². The van der Waals surface area contributed by atoms with Crippen LogP contribution in [0.1, 0.15) is 0 Å². The predicted molar refractivity (Wildman–Crippen MR) is 105 cm³/mol. The first-order valence-corrected chi connectivity index (χ1v) is 7.83. The molecule has 0 saturated carbocycles. The van der Waals surface area contributed by atoms with Crippen LogP contribution in [0.25, 0.3) is 0 Å². The SMILES string of the molecule is Clc1ccnc(Cl)n1.NN.NNc1ccnc(Cl)n1.NNc1ccncn1. The lowest BCUT2D eigenvalue weighted by Crippen LogP contribution is -2.08. The first kappa shape index (κ1) is 24.6. The molecule has 0 bridgehead atoms. The summed E-state index contributed by atoms with van der Waals surface area (Å²) in [6, 6.07) is 4.86. The summed E-state index contributed by atoms with van der Waals surface area (Å²) >= 11 is 16.2. The van der Waals surface area contributed by atoms with Crippen LogP contribution in [0.4, 0.5) is 11.6 Å². The zero-order valence-corrected chi connectivity index (χ0v) is 15.9. The van der Waals surface area contributed by atoms with Gasteiger partial charge in [-0.1, -0.05) is 11.6 Å². The highest BCUT2D eigenvalue weighted by atomic mass is 35.5. The number of aromatic nitrogens is 6. The Hall–Kier alpha value is -2.45. The van der Waals surface area contributed by atoms with Crippen LogP contribution in [-0.2, 0) is 0 Å². The third-order valence-electron chi connectivity index (χ3n) is 2.10. The summed E-state index contributed by atoms with van der Waals surface area (Å²) in [6.45, 7) is 0. The lowest BCUT2D eigenvalue weighted by Gasteiger charge is -1.94. The van der Waals surface area contributed by atoms with E-state index in [2.05, 4.69) is 52.4 Å². The number of hydrogen-bond acceptors (Lipinski definition) is 12. The number of hydrazine groups is 3. The maximum atomic E-state index is 5.41. The van der Waals surface area contributed by atoms with Crippen LogP contribution >= 0.6 is 34.8 Å². The molecule has 0 radical (unpaired) electrons. The Bertz CT molecular complexity index is 731. The van der Waals surface area contributed by atoms with Gasteiger partial charge < -0.3 is 10.9 Å². The second kappa shape index (κ2) is 15.8. The highest BCUT2D eigenvalue weighted by molar-refractivity contribution is 6.31. The smallest absolute Gasteiger partial charge is 0.224 e. The molecule has 0 aliphatic rings. The molecule has 0 aliphatic carbocycles. The van der Waals surface area contributed by atoms with E-state index in [0.717, 1.165) is 0 Å². The van der Waals surface area contributed by atoms with E-state index in [1.165, 1.54) is 18.7 Å². The Morgan fingerprint density at radius 3 is 1.59 bits per heavy atom. The molecule has 0 aliphatic heterocycles. The number of nitrogens with two attached hydrogens (primary N) is 4. The fourth-order valence-corrected chi connectivity index (χ4v) is 1.58. The number of nitrogen functional groups attached to an aromatic ring is 2. The van der Waals surface area contributed by atoms with Crippen molar-refractivity contribution in [1.29, 1.82) is 0 Å². The van der Waals surface area contributed by atoms with Gasteiger partial charge in [0.2, 0.25) is 10.6 Å². The molecule has 146 valence electrons. The molecule has 0 aromatic carbocycles. The Balaban J connectivity index is 0.000000359. The van der Waals surface area contributed by atoms with Crippen molar-refractivity contribution < 1.29 is 0 Å². The van der Waals surface area contributed by atoms with Crippen molar-refractivity contribution in [3.05, 3.63) is 58.8 Å². The van der Waals surface area contributed by atoms with Gasteiger partial charge >= 0.3 is 0 Å². The van der Waals surface area contributed by atoms with Gasteiger partial charge in [0.05, 0.1) is 0 Å². The Morgan fingerprint density at radius 1 is 0.704 bits per heavy atom. The minimum atomic E-state index is 0.178. The minimum Gasteiger partial charge on any atom is -0.308 e. The van der Waals surface area contributed by atoms with E-state index in [1.807, 2.05) is 0 Å². The van der Waals surface area contributed by atoms with Gasteiger partial charge in [-0.15, -0.1) is 0 Å². The molecule has 3 heterocycles. The summed E-state index contributed by atoms with van der Waals surface area (Å²) in [7, 11) is 0. The van der Waals surface area contributed by atoms with Crippen molar-refractivity contribution in [2.24, 2.45) is 23.4 Å². The molecule has 3 aromatic heterocycles. The highest BCUT2D eigenvalue weighted by Crippen LogP contribution is 2.05. The molecule has 0 spiro atoms. The van der Waals surface area contributed by atoms with Gasteiger partial charge in [0.25, 0.3) is 0 Å². The zero-order chi connectivity index (χ0) is 20.5. The largest absolute Gasteiger partial charge is 0.308 e. The molecule has 0 atom stereocenters. The molecule has 3 aromatic rings. The lowest BCUT2D eigenvalue weighted by atomic mass is 10.6. The predicted octanol–water partition coefficient (Wildman–Crippen LogP) is 0.780. The van der Waals surface area contributed by atoms with E-state index in [0.29, 0.717) is 16.8 Å². The fraction of sp³-hybridized carbons (Fsp3) is 0. The summed E-state index contributed by atoms with van der Waals surface area (Å²) in [5, 5.41) is 0.730. The number of nitrogens with one attached hydrogen (secondary N) is 2. The monoisotopic (exact) mass is 434 g/mol. The molecular formula is C12H17Cl3N12. The molecule has 12 nitrogen and oxygen atoms in total. The third-order valence-corrected chi connectivity index (χ3v) is 2.67. The Kier molecular flexibility index (Phi) is 14.3. The standard InChI is InChI=1S/C4H2Cl2N2.C4H5ClN4.C4H6N4.H4N2/c5-3-1-2-7-4(6)8-3;5-4-7-2-1-3(8-4)9-6;5-8-4-1-2-6-3-7-4;1-2/h1-2H;1-2H,6H2,(H,7,8,9);1-3H,5H2,(H,6,7,8);1-2H2. The molecule has 0 saturated heterocycles. The third kappa shape index (κ3) is 12.5. The van der Waals surface area contributed by atoms with Gasteiger partial charge in [-0.05, 0) is 29.3 Å². The van der Waals surface area contributed by atoms with Crippen LogP contribution in [0, 0.1) is 0 Å². The highest BCUT2D eigenvalue weighted by Gasteiger charge is 1.90. The summed E-state index contributed by atoms with van der Waals surface area (Å²) in [5.41, 5.74) is 4.71. The molecule has 10 N–H and O–H groups in total. The number of halogens is 3. The minimum absolute atomic E-state index is 0.178. The van der Waals surface area contributed by atoms with Gasteiger partial charge in [0.1, 0.15) is 23.1 Å². The Morgan fingerprint density at radius 2 is 1.26 bits per heavy atom. The van der Waals surface area contributed by atoms with Gasteiger partial charge in [0, 0.05) is 30.7 Å². The lowest BCUT2D eigenvalue weighted by molar-refractivity contribution is 1.14. The normalized spacial score (nSPS) is 8.56. The zero-order valence-electron chi connectivity index (χ0n) is 13.7. The van der Waals surface area contributed by atoms with E-state index < -0.39 is 0 Å².